The molecule has 0 saturated carbocycles. The van der Waals surface area contributed by atoms with Crippen LogP contribution in [0.15, 0.2) is 48.5 Å². The molecule has 1 heterocycles. The number of carboxylic acids is 1. The van der Waals surface area contributed by atoms with Crippen LogP contribution in [0.1, 0.15) is 23.5 Å². The summed E-state index contributed by atoms with van der Waals surface area (Å²) in [5, 5.41) is 14.4. The van der Waals surface area contributed by atoms with Crippen LogP contribution in [0.2, 0.25) is 0 Å². The maximum atomic E-state index is 12.7. The third-order valence-electron chi connectivity index (χ3n) is 5.95. The summed E-state index contributed by atoms with van der Waals surface area (Å²) in [5.74, 6) is -1.82. The van der Waals surface area contributed by atoms with Gasteiger partial charge in [0.1, 0.15) is 12.6 Å². The molecule has 0 unspecified atom stereocenters. The van der Waals surface area contributed by atoms with Gasteiger partial charge in [0.05, 0.1) is 12.6 Å². The summed E-state index contributed by atoms with van der Waals surface area (Å²) >= 11 is 0. The molecule has 0 bridgehead atoms. The van der Waals surface area contributed by atoms with Crippen molar-refractivity contribution < 1.29 is 33.7 Å². The highest BCUT2D eigenvalue weighted by atomic mass is 16.5. The predicted molar refractivity (Wildman–Crippen MR) is 118 cm³/mol. The van der Waals surface area contributed by atoms with Crippen LogP contribution in [0.4, 0.5) is 4.79 Å². The smallest absolute Gasteiger partial charge is 0.407 e. The normalized spacial score (nSPS) is 19.9. The number of hydrogen-bond donors (Lipinski definition) is 3. The summed E-state index contributed by atoms with van der Waals surface area (Å²) in [6, 6.07) is 14.3. The average molecular weight is 454 g/mol. The topological polar surface area (TPSA) is 123 Å². The number of nitrogens with one attached hydrogen (secondary N) is 2. The van der Waals surface area contributed by atoms with Crippen LogP contribution < -0.4 is 10.6 Å². The van der Waals surface area contributed by atoms with Crippen LogP contribution in [0.3, 0.4) is 0 Å². The number of hydrogen-bond acceptors (Lipinski definition) is 6. The van der Waals surface area contributed by atoms with Crippen LogP contribution in [-0.2, 0) is 23.8 Å². The third-order valence-corrected chi connectivity index (χ3v) is 5.95. The summed E-state index contributed by atoms with van der Waals surface area (Å²) < 4.78 is 15.7. The lowest BCUT2D eigenvalue weighted by Gasteiger charge is -2.22. The molecule has 174 valence electrons. The first kappa shape index (κ1) is 22.8. The van der Waals surface area contributed by atoms with Crippen molar-refractivity contribution in [3.63, 3.8) is 0 Å². The molecule has 2 aromatic rings. The van der Waals surface area contributed by atoms with E-state index in [1.54, 1.807) is 0 Å². The molecule has 0 aromatic heterocycles. The Morgan fingerprint density at radius 3 is 2.33 bits per heavy atom. The van der Waals surface area contributed by atoms with Crippen LogP contribution in [0, 0.1) is 0 Å². The van der Waals surface area contributed by atoms with Crippen molar-refractivity contribution in [1.82, 2.24) is 10.6 Å². The maximum absolute atomic E-state index is 12.7. The van der Waals surface area contributed by atoms with E-state index in [2.05, 4.69) is 10.6 Å². The summed E-state index contributed by atoms with van der Waals surface area (Å²) in [4.78, 5) is 36.5. The molecule has 9 nitrogen and oxygen atoms in total. The summed E-state index contributed by atoms with van der Waals surface area (Å²) in [5.41, 5.74) is 4.40. The first-order valence-electron chi connectivity index (χ1n) is 10.7. The first-order chi connectivity index (χ1) is 16.0. The van der Waals surface area contributed by atoms with Gasteiger partial charge >= 0.3 is 12.1 Å². The number of benzene rings is 2. The van der Waals surface area contributed by atoms with Gasteiger partial charge in [-0.05, 0) is 28.7 Å². The Labute approximate surface area is 191 Å². The van der Waals surface area contributed by atoms with Gasteiger partial charge < -0.3 is 30.0 Å². The van der Waals surface area contributed by atoms with Crippen molar-refractivity contribution in [2.24, 2.45) is 0 Å². The largest absolute Gasteiger partial charge is 0.479 e. The Balaban J connectivity index is 1.38. The number of carboxylic acid groups (broad SMARTS) is 1. The van der Waals surface area contributed by atoms with Crippen LogP contribution in [0.25, 0.3) is 11.1 Å². The Kier molecular flexibility index (Phi) is 6.90. The van der Waals surface area contributed by atoms with Gasteiger partial charge in [0.15, 0.2) is 6.10 Å². The van der Waals surface area contributed by atoms with Gasteiger partial charge in [-0.1, -0.05) is 48.5 Å². The molecule has 3 N–H and O–H groups in total. The maximum Gasteiger partial charge on any atom is 0.407 e. The molecular formula is C24H26N2O7. The van der Waals surface area contributed by atoms with E-state index in [1.807, 2.05) is 48.5 Å². The van der Waals surface area contributed by atoms with Gasteiger partial charge in [-0.2, -0.15) is 0 Å². The molecule has 0 radical (unpaired) electrons. The second kappa shape index (κ2) is 10.0. The zero-order valence-corrected chi connectivity index (χ0v) is 18.2. The molecule has 4 rings (SSSR count). The van der Waals surface area contributed by atoms with Gasteiger partial charge in [0, 0.05) is 19.6 Å². The summed E-state index contributed by atoms with van der Waals surface area (Å²) in [6.45, 7) is 0.247. The minimum atomic E-state index is -1.15. The molecule has 2 aromatic carbocycles. The van der Waals surface area contributed by atoms with Gasteiger partial charge in [0.2, 0.25) is 5.91 Å². The summed E-state index contributed by atoms with van der Waals surface area (Å²) in [6.07, 6.45) is -1.51. The molecule has 33 heavy (non-hydrogen) atoms. The molecule has 0 spiro atoms. The third kappa shape index (κ3) is 4.84. The van der Waals surface area contributed by atoms with Crippen molar-refractivity contribution in [2.45, 2.75) is 30.5 Å². The Bertz CT molecular complexity index is 995. The lowest BCUT2D eigenvalue weighted by atomic mass is 9.98. The quantitative estimate of drug-likeness (QED) is 0.557. The second-order valence-corrected chi connectivity index (χ2v) is 8.01. The van der Waals surface area contributed by atoms with Crippen molar-refractivity contribution >= 4 is 18.0 Å². The number of rotatable bonds is 8. The molecule has 2 aliphatic rings. The van der Waals surface area contributed by atoms with E-state index in [0.29, 0.717) is 6.42 Å². The zero-order chi connectivity index (χ0) is 23.4. The number of carbonyl (C=O) groups is 3. The SMILES string of the molecule is COC[C@H](NC(=O)OCC1c2ccccc2-c2ccccc21)C(=O)N[C@@H]1CCO[C@@H]1C(=O)O. The molecule has 3 atom stereocenters. The zero-order valence-electron chi connectivity index (χ0n) is 18.2. The average Bonchev–Trinajstić information content (AvgIpc) is 3.40. The van der Waals surface area contributed by atoms with Gasteiger partial charge in [-0.15, -0.1) is 0 Å². The van der Waals surface area contributed by atoms with E-state index >= 15 is 0 Å². The number of alkyl carbamates (subject to hydrolysis) is 1. The molecule has 1 aliphatic heterocycles. The molecular weight excluding hydrogens is 428 g/mol. The minimum absolute atomic E-state index is 0.0959. The Hall–Kier alpha value is -3.43. The van der Waals surface area contributed by atoms with Crippen molar-refractivity contribution in [3.8, 4) is 11.1 Å². The van der Waals surface area contributed by atoms with E-state index in [9.17, 15) is 19.5 Å². The van der Waals surface area contributed by atoms with Crippen LogP contribution >= 0.6 is 0 Å². The molecule has 2 amide bonds. The highest BCUT2D eigenvalue weighted by Crippen LogP contribution is 2.44. The number of amides is 2. The van der Waals surface area contributed by atoms with E-state index in [0.717, 1.165) is 22.3 Å². The number of fused-ring (bicyclic) bond motifs is 3. The van der Waals surface area contributed by atoms with E-state index in [1.165, 1.54) is 7.11 Å². The fraction of sp³-hybridized carbons (Fsp3) is 0.375. The second-order valence-electron chi connectivity index (χ2n) is 8.01. The fourth-order valence-corrected chi connectivity index (χ4v) is 4.40. The molecule has 9 heteroatoms. The van der Waals surface area contributed by atoms with E-state index in [-0.39, 0.29) is 25.7 Å². The number of methoxy groups -OCH3 is 1. The number of ether oxygens (including phenoxy) is 3. The van der Waals surface area contributed by atoms with Gasteiger partial charge in [-0.3, -0.25) is 4.79 Å². The fourth-order valence-electron chi connectivity index (χ4n) is 4.40. The monoisotopic (exact) mass is 454 g/mol. The molecule has 1 saturated heterocycles. The van der Waals surface area contributed by atoms with E-state index in [4.69, 9.17) is 14.2 Å². The van der Waals surface area contributed by atoms with Gasteiger partial charge in [-0.25, -0.2) is 9.59 Å². The standard InChI is InChI=1S/C24H26N2O7/c1-31-13-20(22(27)25-19-10-11-32-21(19)23(28)29)26-24(30)33-12-18-16-8-4-2-6-14(16)15-7-3-5-9-17(15)18/h2-9,18-21H,10-13H2,1H3,(H,25,27)(H,26,30)(H,28,29)/t19-,20+,21+/m1/s1. The van der Waals surface area contributed by atoms with Crippen molar-refractivity contribution in [2.75, 3.05) is 26.9 Å². The lowest BCUT2D eigenvalue weighted by Crippen LogP contribution is -2.54. The lowest BCUT2D eigenvalue weighted by molar-refractivity contribution is -0.148. The minimum Gasteiger partial charge on any atom is -0.479 e. The molecule has 1 fully saturated rings. The highest BCUT2D eigenvalue weighted by Gasteiger charge is 2.37. The Morgan fingerprint density at radius 2 is 1.73 bits per heavy atom. The number of carbonyl (C=O) groups excluding carboxylic acids is 2. The van der Waals surface area contributed by atoms with Crippen LogP contribution in [0.5, 0.6) is 0 Å². The molecule has 1 aliphatic carbocycles. The van der Waals surface area contributed by atoms with Gasteiger partial charge in [0.25, 0.3) is 0 Å². The first-order valence-corrected chi connectivity index (χ1v) is 10.7. The van der Waals surface area contributed by atoms with Crippen molar-refractivity contribution in [3.05, 3.63) is 59.7 Å². The highest BCUT2D eigenvalue weighted by molar-refractivity contribution is 5.87. The van der Waals surface area contributed by atoms with Crippen LogP contribution in [-0.4, -0.2) is 68.2 Å². The predicted octanol–water partition coefficient (Wildman–Crippen LogP) is 1.90. The summed E-state index contributed by atoms with van der Waals surface area (Å²) in [7, 11) is 1.40. The van der Waals surface area contributed by atoms with Crippen molar-refractivity contribution in [1.29, 1.82) is 0 Å². The van der Waals surface area contributed by atoms with E-state index < -0.39 is 36.2 Å². The number of aliphatic carboxylic acids is 1. The Morgan fingerprint density at radius 1 is 1.09 bits per heavy atom.